The Labute approximate surface area is 84.3 Å². The van der Waals surface area contributed by atoms with Gasteiger partial charge in [0.25, 0.3) is 5.56 Å². The topological polar surface area (TPSA) is 75.1 Å². The second-order valence-electron chi connectivity index (χ2n) is 2.97. The van der Waals surface area contributed by atoms with Crippen LogP contribution in [0.25, 0.3) is 5.69 Å². The first-order valence-electron chi connectivity index (χ1n) is 4.29. The summed E-state index contributed by atoms with van der Waals surface area (Å²) in [6.07, 6.45) is 0. The summed E-state index contributed by atoms with van der Waals surface area (Å²) in [5, 5.41) is 9.47. The SMILES string of the molecule is O=c1cc(O)n(-c2ccccc2)c(=O)[nH]1. The second kappa shape index (κ2) is 3.45. The molecule has 76 valence electrons. The van der Waals surface area contributed by atoms with Gasteiger partial charge in [0, 0.05) is 0 Å². The lowest BCUT2D eigenvalue weighted by molar-refractivity contribution is 0.431. The minimum atomic E-state index is -0.661. The van der Waals surface area contributed by atoms with Crippen LogP contribution in [0.5, 0.6) is 5.88 Å². The molecule has 0 fully saturated rings. The van der Waals surface area contributed by atoms with Gasteiger partial charge in [-0.15, -0.1) is 0 Å². The van der Waals surface area contributed by atoms with Gasteiger partial charge in [-0.3, -0.25) is 9.78 Å². The quantitative estimate of drug-likeness (QED) is 0.698. The molecule has 0 radical (unpaired) electrons. The monoisotopic (exact) mass is 204 g/mol. The molecule has 1 aromatic heterocycles. The van der Waals surface area contributed by atoms with Crippen LogP contribution in [0.2, 0.25) is 0 Å². The minimum Gasteiger partial charge on any atom is -0.494 e. The average Bonchev–Trinajstić information content (AvgIpc) is 2.17. The summed E-state index contributed by atoms with van der Waals surface area (Å²) < 4.78 is 1.02. The van der Waals surface area contributed by atoms with Gasteiger partial charge < -0.3 is 5.11 Å². The summed E-state index contributed by atoms with van der Waals surface area (Å²) in [5.41, 5.74) is -0.785. The van der Waals surface area contributed by atoms with E-state index in [1.165, 1.54) is 0 Å². The normalized spacial score (nSPS) is 10.1. The maximum atomic E-state index is 11.4. The summed E-state index contributed by atoms with van der Waals surface area (Å²) in [5.74, 6) is -0.380. The van der Waals surface area contributed by atoms with Crippen LogP contribution in [0.4, 0.5) is 0 Å². The van der Waals surface area contributed by atoms with Gasteiger partial charge >= 0.3 is 5.69 Å². The molecule has 0 saturated heterocycles. The van der Waals surface area contributed by atoms with E-state index in [2.05, 4.69) is 4.98 Å². The van der Waals surface area contributed by atoms with Gasteiger partial charge in [0.15, 0.2) is 0 Å². The Kier molecular flexibility index (Phi) is 2.13. The van der Waals surface area contributed by atoms with Crippen molar-refractivity contribution >= 4 is 0 Å². The van der Waals surface area contributed by atoms with E-state index in [1.807, 2.05) is 0 Å². The number of H-pyrrole nitrogens is 1. The van der Waals surface area contributed by atoms with Crippen LogP contribution in [-0.4, -0.2) is 14.7 Å². The number of hydrogen-bond donors (Lipinski definition) is 2. The summed E-state index contributed by atoms with van der Waals surface area (Å²) >= 11 is 0. The van der Waals surface area contributed by atoms with Crippen LogP contribution in [0.1, 0.15) is 0 Å². The first kappa shape index (κ1) is 9.26. The van der Waals surface area contributed by atoms with Crippen molar-refractivity contribution in [2.45, 2.75) is 0 Å². The van der Waals surface area contributed by atoms with Gasteiger partial charge in [-0.05, 0) is 12.1 Å². The zero-order chi connectivity index (χ0) is 10.8. The number of aromatic amines is 1. The maximum absolute atomic E-state index is 11.4. The maximum Gasteiger partial charge on any atom is 0.335 e. The fourth-order valence-electron chi connectivity index (χ4n) is 1.31. The van der Waals surface area contributed by atoms with Crippen molar-refractivity contribution in [2.24, 2.45) is 0 Å². The number of rotatable bonds is 1. The van der Waals surface area contributed by atoms with Crippen LogP contribution < -0.4 is 11.2 Å². The predicted molar refractivity (Wildman–Crippen MR) is 54.3 cm³/mol. The molecule has 0 saturated carbocycles. The number of para-hydroxylation sites is 1. The highest BCUT2D eigenvalue weighted by Gasteiger charge is 2.05. The Balaban J connectivity index is 2.75. The van der Waals surface area contributed by atoms with Gasteiger partial charge in [0.2, 0.25) is 5.88 Å². The highest BCUT2D eigenvalue weighted by molar-refractivity contribution is 5.34. The van der Waals surface area contributed by atoms with Crippen LogP contribution in [0, 0.1) is 0 Å². The lowest BCUT2D eigenvalue weighted by Gasteiger charge is -2.05. The van der Waals surface area contributed by atoms with E-state index in [9.17, 15) is 14.7 Å². The first-order chi connectivity index (χ1) is 7.18. The molecule has 0 atom stereocenters. The Hall–Kier alpha value is -2.30. The van der Waals surface area contributed by atoms with E-state index in [-0.39, 0.29) is 5.88 Å². The van der Waals surface area contributed by atoms with Crippen LogP contribution in [0.15, 0.2) is 46.0 Å². The Morgan fingerprint density at radius 1 is 1.13 bits per heavy atom. The lowest BCUT2D eigenvalue weighted by atomic mass is 10.3. The molecular formula is C10H8N2O3. The van der Waals surface area contributed by atoms with Crippen LogP contribution in [-0.2, 0) is 0 Å². The zero-order valence-electron chi connectivity index (χ0n) is 7.68. The van der Waals surface area contributed by atoms with Gasteiger partial charge in [0.1, 0.15) is 0 Å². The van der Waals surface area contributed by atoms with E-state index in [0.717, 1.165) is 10.6 Å². The van der Waals surface area contributed by atoms with Crippen LogP contribution >= 0.6 is 0 Å². The third-order valence-electron chi connectivity index (χ3n) is 1.94. The summed E-state index contributed by atoms with van der Waals surface area (Å²) in [4.78, 5) is 24.3. The highest BCUT2D eigenvalue weighted by atomic mass is 16.3. The number of hydrogen-bond acceptors (Lipinski definition) is 3. The van der Waals surface area contributed by atoms with Gasteiger partial charge in [-0.1, -0.05) is 18.2 Å². The third-order valence-corrected chi connectivity index (χ3v) is 1.94. The highest BCUT2D eigenvalue weighted by Crippen LogP contribution is 2.10. The van der Waals surface area contributed by atoms with Crippen molar-refractivity contribution in [3.8, 4) is 11.6 Å². The zero-order valence-corrected chi connectivity index (χ0v) is 7.68. The van der Waals surface area contributed by atoms with Crippen LogP contribution in [0.3, 0.4) is 0 Å². The molecule has 1 aromatic carbocycles. The number of nitrogens with one attached hydrogen (secondary N) is 1. The molecule has 0 aliphatic rings. The summed E-state index contributed by atoms with van der Waals surface area (Å²) in [6, 6.07) is 9.50. The Morgan fingerprint density at radius 2 is 1.80 bits per heavy atom. The van der Waals surface area contributed by atoms with Crippen molar-refractivity contribution in [3.05, 3.63) is 57.2 Å². The lowest BCUT2D eigenvalue weighted by Crippen LogP contribution is -2.27. The first-order valence-corrected chi connectivity index (χ1v) is 4.29. The molecular weight excluding hydrogens is 196 g/mol. The molecule has 0 amide bonds. The van der Waals surface area contributed by atoms with E-state index in [1.54, 1.807) is 30.3 Å². The molecule has 0 bridgehead atoms. The molecule has 2 aromatic rings. The van der Waals surface area contributed by atoms with Crippen molar-refractivity contribution in [1.29, 1.82) is 0 Å². The largest absolute Gasteiger partial charge is 0.494 e. The fourth-order valence-corrected chi connectivity index (χ4v) is 1.31. The van der Waals surface area contributed by atoms with Gasteiger partial charge in [-0.25, -0.2) is 9.36 Å². The van der Waals surface area contributed by atoms with Crippen molar-refractivity contribution in [2.75, 3.05) is 0 Å². The smallest absolute Gasteiger partial charge is 0.335 e. The molecule has 0 spiro atoms. The van der Waals surface area contributed by atoms with Crippen molar-refractivity contribution in [1.82, 2.24) is 9.55 Å². The molecule has 15 heavy (non-hydrogen) atoms. The Morgan fingerprint density at radius 3 is 2.40 bits per heavy atom. The fraction of sp³-hybridized carbons (Fsp3) is 0. The van der Waals surface area contributed by atoms with Gasteiger partial charge in [-0.2, -0.15) is 0 Å². The number of aromatic nitrogens is 2. The minimum absolute atomic E-state index is 0.380. The molecule has 1 heterocycles. The van der Waals surface area contributed by atoms with E-state index in [0.29, 0.717) is 5.69 Å². The standard InChI is InChI=1S/C10H8N2O3/c13-8-6-9(14)12(10(15)11-8)7-4-2-1-3-5-7/h1-6,14H,(H,11,13,15). The average molecular weight is 204 g/mol. The molecule has 0 aliphatic heterocycles. The molecule has 2 rings (SSSR count). The second-order valence-corrected chi connectivity index (χ2v) is 2.97. The van der Waals surface area contributed by atoms with Gasteiger partial charge in [0.05, 0.1) is 11.8 Å². The number of benzene rings is 1. The molecule has 2 N–H and O–H groups in total. The summed E-state index contributed by atoms with van der Waals surface area (Å²) in [7, 11) is 0. The number of aromatic hydroxyl groups is 1. The summed E-state index contributed by atoms with van der Waals surface area (Å²) in [6.45, 7) is 0. The van der Waals surface area contributed by atoms with E-state index < -0.39 is 11.2 Å². The molecule has 5 nitrogen and oxygen atoms in total. The molecule has 0 aliphatic carbocycles. The van der Waals surface area contributed by atoms with Crippen molar-refractivity contribution in [3.63, 3.8) is 0 Å². The van der Waals surface area contributed by atoms with E-state index >= 15 is 0 Å². The molecule has 5 heteroatoms. The molecule has 0 unspecified atom stereocenters. The van der Waals surface area contributed by atoms with E-state index in [4.69, 9.17) is 0 Å². The number of nitrogens with zero attached hydrogens (tertiary/aromatic N) is 1. The predicted octanol–water partition coefficient (Wildman–Crippen LogP) is 0.231. The third kappa shape index (κ3) is 1.67. The Bertz CT molecular complexity index is 584. The van der Waals surface area contributed by atoms with Crippen molar-refractivity contribution < 1.29 is 5.11 Å².